The molecule has 0 radical (unpaired) electrons. The zero-order valence-electron chi connectivity index (χ0n) is 11.4. The van der Waals surface area contributed by atoms with Gasteiger partial charge in [0.15, 0.2) is 11.5 Å². The summed E-state index contributed by atoms with van der Waals surface area (Å²) in [5.74, 6) is 0.282. The number of aliphatic hydroxyl groups is 1. The Morgan fingerprint density at radius 1 is 1.37 bits per heavy atom. The normalized spacial score (nSPS) is 23.0. The highest BCUT2D eigenvalue weighted by atomic mass is 16.5. The first-order valence-electron chi connectivity index (χ1n) is 6.29. The van der Waals surface area contributed by atoms with E-state index in [-0.39, 0.29) is 17.6 Å². The molecule has 2 unspecified atom stereocenters. The summed E-state index contributed by atoms with van der Waals surface area (Å²) in [5, 5.41) is 9.97. The molecule has 1 aromatic carbocycles. The highest BCUT2D eigenvalue weighted by Gasteiger charge is 2.30. The molecule has 100 valence electrons. The third-order valence-electron chi connectivity index (χ3n) is 3.64. The third kappa shape index (κ3) is 2.41. The van der Waals surface area contributed by atoms with Gasteiger partial charge in [-0.3, -0.25) is 4.79 Å². The molecule has 1 N–H and O–H groups in total. The SMILES string of the molecule is COC1=CC(c2cccc(C)c2)C(C)C(C=O)=C1O. The van der Waals surface area contributed by atoms with Crippen molar-refractivity contribution in [1.82, 2.24) is 0 Å². The number of allylic oxidation sites excluding steroid dienone is 2. The number of carbonyl (C=O) groups excluding carboxylic acids is 1. The van der Waals surface area contributed by atoms with Crippen LogP contribution in [-0.4, -0.2) is 18.5 Å². The maximum absolute atomic E-state index is 11.2. The van der Waals surface area contributed by atoms with Crippen LogP contribution in [0, 0.1) is 12.8 Å². The van der Waals surface area contributed by atoms with Crippen LogP contribution in [0.2, 0.25) is 0 Å². The standard InChI is InChI=1S/C16H18O3/c1-10-5-4-6-12(7-10)13-8-15(19-3)16(18)14(9-17)11(13)2/h4-9,11,13,18H,1-3H3. The van der Waals surface area contributed by atoms with Crippen LogP contribution in [0.15, 0.2) is 47.4 Å². The fourth-order valence-corrected chi connectivity index (χ4v) is 2.53. The van der Waals surface area contributed by atoms with Gasteiger partial charge in [-0.15, -0.1) is 0 Å². The van der Waals surface area contributed by atoms with Gasteiger partial charge in [0.25, 0.3) is 0 Å². The predicted molar refractivity (Wildman–Crippen MR) is 73.9 cm³/mol. The zero-order valence-corrected chi connectivity index (χ0v) is 11.4. The molecule has 0 saturated heterocycles. The van der Waals surface area contributed by atoms with Crippen LogP contribution in [-0.2, 0) is 9.53 Å². The van der Waals surface area contributed by atoms with Crippen molar-refractivity contribution in [2.45, 2.75) is 19.8 Å². The van der Waals surface area contributed by atoms with Crippen LogP contribution in [0.3, 0.4) is 0 Å². The minimum atomic E-state index is -0.0711. The van der Waals surface area contributed by atoms with Gasteiger partial charge in [-0.2, -0.15) is 0 Å². The van der Waals surface area contributed by atoms with Gasteiger partial charge < -0.3 is 9.84 Å². The summed E-state index contributed by atoms with van der Waals surface area (Å²) in [5.41, 5.74) is 2.68. The van der Waals surface area contributed by atoms with Gasteiger partial charge in [-0.05, 0) is 24.5 Å². The number of rotatable bonds is 3. The van der Waals surface area contributed by atoms with Crippen LogP contribution in [0.4, 0.5) is 0 Å². The van der Waals surface area contributed by atoms with E-state index < -0.39 is 0 Å². The van der Waals surface area contributed by atoms with E-state index in [0.29, 0.717) is 11.3 Å². The molecule has 2 atom stereocenters. The lowest BCUT2D eigenvalue weighted by molar-refractivity contribution is -0.105. The Hall–Kier alpha value is -2.03. The van der Waals surface area contributed by atoms with E-state index in [1.807, 2.05) is 38.1 Å². The molecule has 0 aromatic heterocycles. The summed E-state index contributed by atoms with van der Waals surface area (Å²) < 4.78 is 5.16. The summed E-state index contributed by atoms with van der Waals surface area (Å²) in [6.45, 7) is 3.97. The van der Waals surface area contributed by atoms with Crippen LogP contribution < -0.4 is 0 Å². The van der Waals surface area contributed by atoms with Gasteiger partial charge in [0.1, 0.15) is 6.29 Å². The molecule has 1 aromatic rings. The second-order valence-electron chi connectivity index (χ2n) is 4.89. The molecule has 0 saturated carbocycles. The van der Waals surface area contributed by atoms with E-state index in [9.17, 15) is 9.90 Å². The number of hydrogen-bond acceptors (Lipinski definition) is 3. The van der Waals surface area contributed by atoms with Gasteiger partial charge in [0.2, 0.25) is 0 Å². The minimum Gasteiger partial charge on any atom is -0.504 e. The number of ether oxygens (including phenoxy) is 1. The largest absolute Gasteiger partial charge is 0.504 e. The average molecular weight is 258 g/mol. The number of aldehydes is 1. The van der Waals surface area contributed by atoms with Crippen molar-refractivity contribution in [2.75, 3.05) is 7.11 Å². The quantitative estimate of drug-likeness (QED) is 0.846. The molecule has 0 fully saturated rings. The van der Waals surface area contributed by atoms with Crippen molar-refractivity contribution in [1.29, 1.82) is 0 Å². The molecule has 1 aliphatic rings. The maximum Gasteiger partial charge on any atom is 0.164 e. The lowest BCUT2D eigenvalue weighted by Crippen LogP contribution is -2.19. The predicted octanol–water partition coefficient (Wildman–Crippen LogP) is 3.27. The van der Waals surface area contributed by atoms with Crippen molar-refractivity contribution in [3.8, 4) is 0 Å². The fourth-order valence-electron chi connectivity index (χ4n) is 2.53. The topological polar surface area (TPSA) is 46.5 Å². The molecular formula is C16H18O3. The summed E-state index contributed by atoms with van der Waals surface area (Å²) >= 11 is 0. The van der Waals surface area contributed by atoms with Crippen molar-refractivity contribution in [2.24, 2.45) is 5.92 Å². The molecule has 0 heterocycles. The van der Waals surface area contributed by atoms with E-state index in [1.54, 1.807) is 0 Å². The first-order valence-corrected chi connectivity index (χ1v) is 6.29. The van der Waals surface area contributed by atoms with Crippen LogP contribution in [0.5, 0.6) is 0 Å². The number of aliphatic hydroxyl groups excluding tert-OH is 1. The number of carbonyl (C=O) groups is 1. The monoisotopic (exact) mass is 258 g/mol. The molecule has 0 spiro atoms. The van der Waals surface area contributed by atoms with E-state index in [2.05, 4.69) is 6.07 Å². The summed E-state index contributed by atoms with van der Waals surface area (Å²) in [6, 6.07) is 8.15. The Morgan fingerprint density at radius 2 is 2.11 bits per heavy atom. The molecule has 19 heavy (non-hydrogen) atoms. The summed E-state index contributed by atoms with van der Waals surface area (Å²) in [4.78, 5) is 11.2. The Labute approximate surface area is 113 Å². The second kappa shape index (κ2) is 5.31. The van der Waals surface area contributed by atoms with Crippen molar-refractivity contribution in [3.05, 3.63) is 58.6 Å². The van der Waals surface area contributed by atoms with Crippen molar-refractivity contribution in [3.63, 3.8) is 0 Å². The number of aryl methyl sites for hydroxylation is 1. The van der Waals surface area contributed by atoms with E-state index in [0.717, 1.165) is 11.8 Å². The molecule has 3 nitrogen and oxygen atoms in total. The van der Waals surface area contributed by atoms with Crippen molar-refractivity contribution >= 4 is 6.29 Å². The smallest absolute Gasteiger partial charge is 0.164 e. The highest BCUT2D eigenvalue weighted by Crippen LogP contribution is 2.38. The number of hydrogen-bond donors (Lipinski definition) is 1. The molecule has 1 aliphatic carbocycles. The average Bonchev–Trinajstić information content (AvgIpc) is 2.39. The van der Waals surface area contributed by atoms with Gasteiger partial charge in [-0.25, -0.2) is 0 Å². The molecule has 0 amide bonds. The van der Waals surface area contributed by atoms with Crippen LogP contribution >= 0.6 is 0 Å². The van der Waals surface area contributed by atoms with E-state index >= 15 is 0 Å². The summed E-state index contributed by atoms with van der Waals surface area (Å²) in [7, 11) is 1.49. The van der Waals surface area contributed by atoms with E-state index in [4.69, 9.17) is 4.74 Å². The zero-order chi connectivity index (χ0) is 14.0. The first-order chi connectivity index (χ1) is 9.08. The molecule has 2 rings (SSSR count). The van der Waals surface area contributed by atoms with E-state index in [1.165, 1.54) is 12.7 Å². The molecule has 3 heteroatoms. The van der Waals surface area contributed by atoms with Gasteiger partial charge in [0.05, 0.1) is 7.11 Å². The highest BCUT2D eigenvalue weighted by molar-refractivity contribution is 5.77. The second-order valence-corrected chi connectivity index (χ2v) is 4.89. The lowest BCUT2D eigenvalue weighted by Gasteiger charge is -2.28. The lowest BCUT2D eigenvalue weighted by atomic mass is 9.78. The Morgan fingerprint density at radius 3 is 2.68 bits per heavy atom. The summed E-state index contributed by atoms with van der Waals surface area (Å²) in [6.07, 6.45) is 2.59. The Kier molecular flexibility index (Phi) is 3.74. The van der Waals surface area contributed by atoms with Crippen LogP contribution in [0.1, 0.15) is 24.0 Å². The molecule has 0 aliphatic heterocycles. The van der Waals surface area contributed by atoms with Gasteiger partial charge >= 0.3 is 0 Å². The fraction of sp³-hybridized carbons (Fsp3) is 0.312. The minimum absolute atomic E-state index is 0.0333. The van der Waals surface area contributed by atoms with Crippen LogP contribution in [0.25, 0.3) is 0 Å². The number of methoxy groups -OCH3 is 1. The first kappa shape index (κ1) is 13.4. The third-order valence-corrected chi connectivity index (χ3v) is 3.64. The maximum atomic E-state index is 11.2. The molecular weight excluding hydrogens is 240 g/mol. The number of benzene rings is 1. The van der Waals surface area contributed by atoms with Gasteiger partial charge in [-0.1, -0.05) is 36.8 Å². The Balaban J connectivity index is 2.48. The Bertz CT molecular complexity index is 555. The van der Waals surface area contributed by atoms with Crippen molar-refractivity contribution < 1.29 is 14.6 Å². The van der Waals surface area contributed by atoms with Gasteiger partial charge in [0, 0.05) is 11.5 Å². The molecule has 0 bridgehead atoms.